The van der Waals surface area contributed by atoms with E-state index in [0.717, 1.165) is 33.6 Å². The molecule has 6 rings (SSSR count). The second kappa shape index (κ2) is 16.7. The normalized spacial score (nSPS) is 16.6. The molecule has 2 aliphatic heterocycles. The largest absolute Gasteiger partial charge is 0.508 e. The summed E-state index contributed by atoms with van der Waals surface area (Å²) in [6.45, 7) is 5.63. The van der Waals surface area contributed by atoms with E-state index in [1.165, 1.54) is 50.9 Å². The number of ether oxygens (including phenoxy) is 3. The molecule has 2 aromatic heterocycles. The molecule has 2 saturated heterocycles. The maximum absolute atomic E-state index is 13.2. The average Bonchev–Trinajstić information content (AvgIpc) is 3.76. The van der Waals surface area contributed by atoms with Crippen molar-refractivity contribution in [2.45, 2.75) is 52.1 Å². The summed E-state index contributed by atoms with van der Waals surface area (Å²) in [4.78, 5) is 62.7. The number of nitrogens with zero attached hydrogens (tertiary/aromatic N) is 6. The highest BCUT2D eigenvalue weighted by molar-refractivity contribution is 6.06. The summed E-state index contributed by atoms with van der Waals surface area (Å²) in [7, 11) is 4.43. The van der Waals surface area contributed by atoms with Gasteiger partial charge in [-0.15, -0.1) is 0 Å². The van der Waals surface area contributed by atoms with Crippen LogP contribution in [0, 0.1) is 27.7 Å². The van der Waals surface area contributed by atoms with Crippen molar-refractivity contribution < 1.29 is 64.8 Å². The SMILES string of the molecule is COc1cc(N(C)C(=O)[C@@H]2COC(=O)N2c2cc(C(F)(F)F)cc(C)n2)ccc1C.Cc1cc(C(F)(F)F)cc(N2C(=O)OC[C@H]2C(=O)N(C)c2ccc(C)c(O)c2)n1. The Morgan fingerprint density at radius 3 is 1.49 bits per heavy atom. The van der Waals surface area contributed by atoms with Gasteiger partial charge in [0.25, 0.3) is 11.8 Å². The van der Waals surface area contributed by atoms with Gasteiger partial charge in [0.15, 0.2) is 12.1 Å². The van der Waals surface area contributed by atoms with Crippen molar-refractivity contribution in [2.24, 2.45) is 0 Å². The molecule has 4 heterocycles. The Bertz CT molecular complexity index is 2290. The number of aromatic nitrogens is 2. The number of methoxy groups -OCH3 is 1. The standard InChI is InChI=1S/C20H20F3N3O4.C19H18F3N3O4/c1-11-5-6-14(9-16(11)29-4)25(3)18(27)15-10-30-19(28)26(15)17-8-13(20(21,22)23)7-12(2)24-17;1-10-4-5-13(8-15(10)26)24(3)17(27)14-9-29-18(28)25(14)16-7-12(19(20,21)22)6-11(2)23-16/h5-9,15H,10H2,1-4H3;4-8,14,26H,9H2,1-3H3/t15-;14-/m00/s1. The molecule has 20 heteroatoms. The minimum absolute atomic E-state index is 0.0204. The lowest BCUT2D eigenvalue weighted by Crippen LogP contribution is -2.47. The predicted octanol–water partition coefficient (Wildman–Crippen LogP) is 7.13. The highest BCUT2D eigenvalue weighted by atomic mass is 19.4. The van der Waals surface area contributed by atoms with Gasteiger partial charge in [0.05, 0.1) is 18.2 Å². The number of aryl methyl sites for hydroxylation is 4. The number of halogens is 6. The van der Waals surface area contributed by atoms with Crippen molar-refractivity contribution in [3.05, 3.63) is 94.3 Å². The van der Waals surface area contributed by atoms with E-state index in [-0.39, 0.29) is 42.0 Å². The van der Waals surface area contributed by atoms with E-state index in [0.29, 0.717) is 28.8 Å². The maximum atomic E-state index is 13.2. The predicted molar refractivity (Wildman–Crippen MR) is 201 cm³/mol. The van der Waals surface area contributed by atoms with Gasteiger partial charge in [0.1, 0.15) is 36.3 Å². The molecule has 0 aliphatic carbocycles. The molecule has 0 radical (unpaired) electrons. The number of carbonyl (C=O) groups is 4. The third kappa shape index (κ3) is 9.42. The number of alkyl halides is 6. The molecule has 14 nitrogen and oxygen atoms in total. The summed E-state index contributed by atoms with van der Waals surface area (Å²) in [6.07, 6.45) is -11.2. The van der Waals surface area contributed by atoms with Gasteiger partial charge in [-0.1, -0.05) is 12.1 Å². The van der Waals surface area contributed by atoms with Crippen molar-refractivity contribution in [2.75, 3.05) is 54.0 Å². The number of pyridine rings is 2. The van der Waals surface area contributed by atoms with Crippen LogP contribution in [0.1, 0.15) is 33.6 Å². The van der Waals surface area contributed by atoms with Crippen LogP contribution in [0.2, 0.25) is 0 Å². The fourth-order valence-corrected chi connectivity index (χ4v) is 6.11. The summed E-state index contributed by atoms with van der Waals surface area (Å²) in [5.41, 5.74) is 0.474. The Morgan fingerprint density at radius 2 is 1.10 bits per heavy atom. The number of amides is 4. The van der Waals surface area contributed by atoms with E-state index in [9.17, 15) is 50.6 Å². The lowest BCUT2D eigenvalue weighted by atomic mass is 10.1. The van der Waals surface area contributed by atoms with E-state index in [1.54, 1.807) is 37.3 Å². The van der Waals surface area contributed by atoms with Gasteiger partial charge < -0.3 is 29.1 Å². The summed E-state index contributed by atoms with van der Waals surface area (Å²) < 4.78 is 94.2. The average molecular weight is 833 g/mol. The zero-order chi connectivity index (χ0) is 43.7. The number of phenols is 1. The summed E-state index contributed by atoms with van der Waals surface area (Å²) >= 11 is 0. The van der Waals surface area contributed by atoms with Crippen LogP contribution >= 0.6 is 0 Å². The van der Waals surface area contributed by atoms with Crippen LogP contribution in [0.4, 0.5) is 58.9 Å². The summed E-state index contributed by atoms with van der Waals surface area (Å²) in [5, 5.41) is 9.86. The lowest BCUT2D eigenvalue weighted by Gasteiger charge is -2.26. The minimum atomic E-state index is -4.64. The van der Waals surface area contributed by atoms with Gasteiger partial charge >= 0.3 is 24.5 Å². The van der Waals surface area contributed by atoms with Crippen LogP contribution in [0.25, 0.3) is 0 Å². The van der Waals surface area contributed by atoms with E-state index >= 15 is 0 Å². The fourth-order valence-electron chi connectivity index (χ4n) is 6.11. The highest BCUT2D eigenvalue weighted by Gasteiger charge is 2.44. The van der Waals surface area contributed by atoms with Crippen LogP contribution in [-0.2, 0) is 31.4 Å². The molecule has 4 aromatic rings. The molecule has 0 saturated carbocycles. The first-order chi connectivity index (χ1) is 27.5. The topological polar surface area (TPSA) is 155 Å². The monoisotopic (exact) mass is 832 g/mol. The van der Waals surface area contributed by atoms with Gasteiger partial charge in [-0.3, -0.25) is 9.59 Å². The number of hydrogen-bond donors (Lipinski definition) is 1. The summed E-state index contributed by atoms with van der Waals surface area (Å²) in [5.74, 6) is -1.21. The second-order valence-electron chi connectivity index (χ2n) is 13.6. The number of hydrogen-bond acceptors (Lipinski definition) is 10. The zero-order valence-electron chi connectivity index (χ0n) is 32.6. The van der Waals surface area contributed by atoms with Gasteiger partial charge in [0.2, 0.25) is 0 Å². The molecule has 1 N–H and O–H groups in total. The number of rotatable bonds is 7. The number of cyclic esters (lactones) is 2. The van der Waals surface area contributed by atoms with E-state index < -0.39 is 59.6 Å². The lowest BCUT2D eigenvalue weighted by molar-refractivity contribution is -0.138. The van der Waals surface area contributed by atoms with Gasteiger partial charge in [0, 0.05) is 49.0 Å². The van der Waals surface area contributed by atoms with Crippen molar-refractivity contribution in [3.8, 4) is 11.5 Å². The van der Waals surface area contributed by atoms with E-state index in [1.807, 2.05) is 6.92 Å². The number of aromatic hydroxyl groups is 1. The molecule has 2 atom stereocenters. The Balaban J connectivity index is 0.000000224. The molecule has 2 fully saturated rings. The van der Waals surface area contributed by atoms with Gasteiger partial charge in [-0.2, -0.15) is 26.3 Å². The number of carbonyl (C=O) groups excluding carboxylic acids is 4. The van der Waals surface area contributed by atoms with E-state index in [4.69, 9.17) is 14.2 Å². The first-order valence-corrected chi connectivity index (χ1v) is 17.5. The Morgan fingerprint density at radius 1 is 0.695 bits per heavy atom. The second-order valence-corrected chi connectivity index (χ2v) is 13.6. The number of anilines is 4. The van der Waals surface area contributed by atoms with Gasteiger partial charge in [-0.25, -0.2) is 29.4 Å². The molecule has 0 bridgehead atoms. The molecule has 2 aliphatic rings. The zero-order valence-corrected chi connectivity index (χ0v) is 32.6. The van der Waals surface area contributed by atoms with Crippen LogP contribution in [0.5, 0.6) is 11.5 Å². The highest BCUT2D eigenvalue weighted by Crippen LogP contribution is 2.36. The molecular weight excluding hydrogens is 794 g/mol. The smallest absolute Gasteiger partial charge is 0.416 e. The number of phenolic OH excluding ortho intramolecular Hbond substituents is 1. The molecule has 2 aromatic carbocycles. The molecule has 314 valence electrons. The third-order valence-electron chi connectivity index (χ3n) is 9.36. The van der Waals surface area contributed by atoms with Crippen LogP contribution in [0.3, 0.4) is 0 Å². The molecule has 0 spiro atoms. The first kappa shape index (κ1) is 43.5. The third-order valence-corrected chi connectivity index (χ3v) is 9.36. The van der Waals surface area contributed by atoms with Crippen LogP contribution in [0.15, 0.2) is 60.7 Å². The van der Waals surface area contributed by atoms with Crippen molar-refractivity contribution in [3.63, 3.8) is 0 Å². The minimum Gasteiger partial charge on any atom is -0.508 e. The first-order valence-electron chi connectivity index (χ1n) is 17.5. The van der Waals surface area contributed by atoms with E-state index in [2.05, 4.69) is 9.97 Å². The van der Waals surface area contributed by atoms with Crippen molar-refractivity contribution in [1.82, 2.24) is 9.97 Å². The Labute approximate surface area is 333 Å². The molecular formula is C39H38F6N6O8. The molecule has 4 amide bonds. The fraction of sp³-hybridized carbons (Fsp3) is 0.333. The van der Waals surface area contributed by atoms with Crippen molar-refractivity contribution in [1.29, 1.82) is 0 Å². The molecule has 59 heavy (non-hydrogen) atoms. The summed E-state index contributed by atoms with van der Waals surface area (Å²) in [6, 6.07) is 10.5. The van der Waals surface area contributed by atoms with Crippen LogP contribution in [-0.4, -0.2) is 85.6 Å². The van der Waals surface area contributed by atoms with Crippen molar-refractivity contribution >= 4 is 47.0 Å². The Kier molecular flexibility index (Phi) is 12.3. The number of benzene rings is 2. The van der Waals surface area contributed by atoms with Gasteiger partial charge in [-0.05, 0) is 75.2 Å². The quantitative estimate of drug-likeness (QED) is 0.190. The molecule has 0 unspecified atom stereocenters. The maximum Gasteiger partial charge on any atom is 0.416 e. The van der Waals surface area contributed by atoms with Crippen LogP contribution < -0.4 is 24.3 Å². The number of likely N-dealkylation sites (N-methyl/N-ethyl adjacent to an activating group) is 2. The Hall–Kier alpha value is -6.60.